The maximum atomic E-state index is 13.2. The number of benzene rings is 1. The number of rotatable bonds is 13. The molecule has 0 radical (unpaired) electrons. The van der Waals surface area contributed by atoms with Gasteiger partial charge in [-0.15, -0.1) is 0 Å². The van der Waals surface area contributed by atoms with E-state index in [1.54, 1.807) is 0 Å². The zero-order valence-corrected chi connectivity index (χ0v) is 19.3. The maximum absolute atomic E-state index is 13.2. The molecule has 11 heteroatoms. The number of nitrogens with one attached hydrogen (secondary N) is 4. The Hall–Kier alpha value is -3.73. The van der Waals surface area contributed by atoms with Gasteiger partial charge in [-0.05, 0) is 11.5 Å². The summed E-state index contributed by atoms with van der Waals surface area (Å²) in [5.74, 6) is -3.04. The van der Waals surface area contributed by atoms with Gasteiger partial charge in [0.25, 0.3) is 0 Å². The van der Waals surface area contributed by atoms with E-state index >= 15 is 0 Å². The van der Waals surface area contributed by atoms with Crippen LogP contribution in [-0.2, 0) is 32.0 Å². The summed E-state index contributed by atoms with van der Waals surface area (Å²) in [6.45, 7) is 3.17. The molecule has 7 N–H and O–H groups in total. The number of carbonyl (C=O) groups is 4. The Morgan fingerprint density at radius 1 is 1.03 bits per heavy atom. The number of H-pyrrole nitrogens is 1. The first-order valence-electron chi connectivity index (χ1n) is 11.1. The van der Waals surface area contributed by atoms with Crippen LogP contribution < -0.4 is 21.7 Å². The van der Waals surface area contributed by atoms with E-state index < -0.39 is 48.4 Å². The fourth-order valence-corrected chi connectivity index (χ4v) is 3.22. The standard InChI is InChI=1S/C23H32N6O5/c1-3-14(2)20(24)23(34)29-17(9-15-7-5-4-6-8-15)22(33)28-18(10-16-11-25-13-27-16)21(32)26-12-19(30)31/h4-8,11,13-14,17-18,20H,3,9-10,12,24H2,1-2H3,(H,25,27)(H,26,32)(H,28,33)(H,29,34)(H,30,31). The lowest BCUT2D eigenvalue weighted by Gasteiger charge is -2.25. The molecule has 0 aliphatic rings. The number of nitrogens with two attached hydrogens (primary N) is 1. The topological polar surface area (TPSA) is 179 Å². The van der Waals surface area contributed by atoms with E-state index in [2.05, 4.69) is 25.9 Å². The Kier molecular flexibility index (Phi) is 10.2. The zero-order valence-electron chi connectivity index (χ0n) is 19.3. The number of hydrogen-bond acceptors (Lipinski definition) is 6. The molecule has 1 heterocycles. The first-order valence-corrected chi connectivity index (χ1v) is 11.1. The Balaban J connectivity index is 2.21. The number of carboxylic acids is 1. The molecule has 0 fully saturated rings. The van der Waals surface area contributed by atoms with Crippen LogP contribution in [0, 0.1) is 5.92 Å². The molecule has 1 aromatic carbocycles. The largest absolute Gasteiger partial charge is 0.480 e. The fourth-order valence-electron chi connectivity index (χ4n) is 3.22. The molecule has 184 valence electrons. The molecule has 34 heavy (non-hydrogen) atoms. The van der Waals surface area contributed by atoms with Crippen LogP contribution in [0.4, 0.5) is 0 Å². The van der Waals surface area contributed by atoms with Crippen molar-refractivity contribution in [1.82, 2.24) is 25.9 Å². The van der Waals surface area contributed by atoms with Gasteiger partial charge in [0.05, 0.1) is 12.4 Å². The van der Waals surface area contributed by atoms with Crippen LogP contribution >= 0.6 is 0 Å². The Morgan fingerprint density at radius 3 is 2.26 bits per heavy atom. The lowest BCUT2D eigenvalue weighted by atomic mass is 9.98. The van der Waals surface area contributed by atoms with Crippen LogP contribution in [0.3, 0.4) is 0 Å². The Morgan fingerprint density at radius 2 is 1.68 bits per heavy atom. The van der Waals surface area contributed by atoms with E-state index in [1.807, 2.05) is 44.2 Å². The van der Waals surface area contributed by atoms with Crippen molar-refractivity contribution in [3.63, 3.8) is 0 Å². The summed E-state index contributed by atoms with van der Waals surface area (Å²) >= 11 is 0. The molecule has 1 aromatic heterocycles. The van der Waals surface area contributed by atoms with Crippen molar-refractivity contribution in [1.29, 1.82) is 0 Å². The average Bonchev–Trinajstić information content (AvgIpc) is 3.34. The maximum Gasteiger partial charge on any atom is 0.322 e. The van der Waals surface area contributed by atoms with E-state index in [1.165, 1.54) is 12.5 Å². The van der Waals surface area contributed by atoms with E-state index in [4.69, 9.17) is 10.8 Å². The number of amides is 3. The van der Waals surface area contributed by atoms with Crippen molar-refractivity contribution >= 4 is 23.7 Å². The molecule has 2 rings (SSSR count). The van der Waals surface area contributed by atoms with Crippen LogP contribution in [-0.4, -0.2) is 63.4 Å². The van der Waals surface area contributed by atoms with Gasteiger partial charge in [-0.3, -0.25) is 19.2 Å². The zero-order chi connectivity index (χ0) is 25.1. The third-order valence-corrected chi connectivity index (χ3v) is 5.50. The lowest BCUT2D eigenvalue weighted by molar-refractivity contribution is -0.138. The highest BCUT2D eigenvalue weighted by Crippen LogP contribution is 2.09. The van der Waals surface area contributed by atoms with Crippen molar-refractivity contribution in [2.45, 2.75) is 51.2 Å². The molecule has 0 spiro atoms. The van der Waals surface area contributed by atoms with Crippen molar-refractivity contribution in [2.75, 3.05) is 6.54 Å². The van der Waals surface area contributed by atoms with Crippen molar-refractivity contribution in [3.8, 4) is 0 Å². The first kappa shape index (κ1) is 26.5. The molecular formula is C23H32N6O5. The van der Waals surface area contributed by atoms with Gasteiger partial charge in [0.15, 0.2) is 0 Å². The van der Waals surface area contributed by atoms with Gasteiger partial charge < -0.3 is 31.8 Å². The summed E-state index contributed by atoms with van der Waals surface area (Å²) in [4.78, 5) is 56.2. The highest BCUT2D eigenvalue weighted by molar-refractivity contribution is 5.94. The second kappa shape index (κ2) is 13.1. The summed E-state index contributed by atoms with van der Waals surface area (Å²) in [5, 5.41) is 16.5. The van der Waals surface area contributed by atoms with Crippen LogP contribution in [0.15, 0.2) is 42.9 Å². The van der Waals surface area contributed by atoms with Gasteiger partial charge in [-0.1, -0.05) is 50.6 Å². The minimum Gasteiger partial charge on any atom is -0.480 e. The average molecular weight is 473 g/mol. The molecule has 0 bridgehead atoms. The molecule has 3 amide bonds. The number of nitrogens with zero attached hydrogens (tertiary/aromatic N) is 1. The summed E-state index contributed by atoms with van der Waals surface area (Å²) in [6, 6.07) is 6.23. The van der Waals surface area contributed by atoms with Crippen LogP contribution in [0.25, 0.3) is 0 Å². The Bertz CT molecular complexity index is 950. The second-order valence-electron chi connectivity index (χ2n) is 8.12. The normalized spacial score (nSPS) is 14.3. The monoisotopic (exact) mass is 472 g/mol. The molecule has 0 saturated heterocycles. The molecule has 11 nitrogen and oxygen atoms in total. The number of carbonyl (C=O) groups excluding carboxylic acids is 3. The van der Waals surface area contributed by atoms with Crippen molar-refractivity contribution < 1.29 is 24.3 Å². The number of aliphatic carboxylic acids is 1. The van der Waals surface area contributed by atoms with E-state index in [9.17, 15) is 19.2 Å². The van der Waals surface area contributed by atoms with E-state index in [0.717, 1.165) is 5.56 Å². The van der Waals surface area contributed by atoms with Crippen molar-refractivity contribution in [3.05, 3.63) is 54.1 Å². The van der Waals surface area contributed by atoms with Gasteiger partial charge >= 0.3 is 5.97 Å². The molecule has 0 aliphatic carbocycles. The van der Waals surface area contributed by atoms with Crippen LogP contribution in [0.2, 0.25) is 0 Å². The van der Waals surface area contributed by atoms with E-state index in [0.29, 0.717) is 12.1 Å². The van der Waals surface area contributed by atoms with Crippen molar-refractivity contribution in [2.24, 2.45) is 11.7 Å². The van der Waals surface area contributed by atoms with E-state index in [-0.39, 0.29) is 18.8 Å². The molecule has 4 atom stereocenters. The Labute approximate surface area is 197 Å². The summed E-state index contributed by atoms with van der Waals surface area (Å²) in [5.41, 5.74) is 7.42. The van der Waals surface area contributed by atoms with Gasteiger partial charge in [0.1, 0.15) is 18.6 Å². The van der Waals surface area contributed by atoms with Crippen LogP contribution in [0.5, 0.6) is 0 Å². The second-order valence-corrected chi connectivity index (χ2v) is 8.12. The minimum absolute atomic E-state index is 0.0512. The highest BCUT2D eigenvalue weighted by Gasteiger charge is 2.30. The number of hydrogen-bond donors (Lipinski definition) is 6. The molecule has 2 aromatic rings. The number of imidazole rings is 1. The highest BCUT2D eigenvalue weighted by atomic mass is 16.4. The lowest BCUT2D eigenvalue weighted by Crippen LogP contribution is -2.57. The smallest absolute Gasteiger partial charge is 0.322 e. The SMILES string of the molecule is CCC(C)C(N)C(=O)NC(Cc1ccccc1)C(=O)NC(Cc1cnc[nH]1)C(=O)NCC(=O)O. The summed E-state index contributed by atoms with van der Waals surface area (Å²) < 4.78 is 0. The quantitative estimate of drug-likeness (QED) is 0.232. The predicted octanol–water partition coefficient (Wildman–Crippen LogP) is -0.261. The molecule has 0 aliphatic heterocycles. The summed E-state index contributed by atoms with van der Waals surface area (Å²) in [7, 11) is 0. The minimum atomic E-state index is -1.21. The van der Waals surface area contributed by atoms with Gasteiger partial charge in [-0.2, -0.15) is 0 Å². The molecule has 0 saturated carbocycles. The number of aromatic nitrogens is 2. The summed E-state index contributed by atoms with van der Waals surface area (Å²) in [6.07, 6.45) is 3.85. The van der Waals surface area contributed by atoms with Crippen LogP contribution in [0.1, 0.15) is 31.5 Å². The van der Waals surface area contributed by atoms with Gasteiger partial charge in [0, 0.05) is 24.7 Å². The molecular weight excluding hydrogens is 440 g/mol. The number of carboxylic acid groups (broad SMARTS) is 1. The van der Waals surface area contributed by atoms with Gasteiger partial charge in [-0.25, -0.2) is 4.98 Å². The third kappa shape index (κ3) is 8.32. The number of aromatic amines is 1. The fraction of sp³-hybridized carbons (Fsp3) is 0.435. The predicted molar refractivity (Wildman–Crippen MR) is 124 cm³/mol. The third-order valence-electron chi connectivity index (χ3n) is 5.50. The first-order chi connectivity index (χ1) is 16.2. The van der Waals surface area contributed by atoms with Gasteiger partial charge in [0.2, 0.25) is 17.7 Å². The molecule has 4 unspecified atom stereocenters.